The van der Waals surface area contributed by atoms with Crippen molar-refractivity contribution in [3.05, 3.63) is 162 Å². The molecule has 11 heteroatoms. The van der Waals surface area contributed by atoms with E-state index >= 15 is 4.79 Å². The molecule has 1 aromatic heterocycles. The summed E-state index contributed by atoms with van der Waals surface area (Å²) >= 11 is 0. The van der Waals surface area contributed by atoms with Crippen LogP contribution in [0.2, 0.25) is 18.6 Å². The molecular formula is C49H51N5O5Si. The first-order chi connectivity index (χ1) is 29.1. The summed E-state index contributed by atoms with van der Waals surface area (Å²) in [6.07, 6.45) is 3.44. The molecule has 10 nitrogen and oxygen atoms in total. The van der Waals surface area contributed by atoms with Gasteiger partial charge in [0, 0.05) is 36.3 Å². The molecule has 1 saturated heterocycles. The molecule has 1 N–H and O–H groups in total. The summed E-state index contributed by atoms with van der Waals surface area (Å²) in [5.74, 6) is 0.356. The summed E-state index contributed by atoms with van der Waals surface area (Å²) in [5, 5.41) is 20.6. The van der Waals surface area contributed by atoms with Crippen molar-refractivity contribution in [2.24, 2.45) is 5.92 Å². The molecule has 0 aliphatic carbocycles. The van der Waals surface area contributed by atoms with Gasteiger partial charge >= 0.3 is 0 Å². The Hall–Kier alpha value is -5.88. The van der Waals surface area contributed by atoms with Gasteiger partial charge in [-0.15, -0.1) is 5.10 Å². The SMILES string of the molecule is COc1ccc([Si](C)(C)[C@H]2[C@H](CCn3cc(C(CO)c4ccccc4)nn3)O[C@@]3(C(=O)N(Cc4cccc(N5C(=O)CCc6ccccc65)c4)c4ccccc43)[C@@H]2C)cc1. The van der Waals surface area contributed by atoms with E-state index in [1.807, 2.05) is 124 Å². The molecule has 5 atom stereocenters. The molecule has 1 unspecified atom stereocenters. The summed E-state index contributed by atoms with van der Waals surface area (Å²) in [4.78, 5) is 32.5. The van der Waals surface area contributed by atoms with Gasteiger partial charge in [0.05, 0.1) is 57.4 Å². The number of rotatable bonds is 12. The lowest BCUT2D eigenvalue weighted by molar-refractivity contribution is -0.146. The first-order valence-electron chi connectivity index (χ1n) is 20.9. The second-order valence-corrected chi connectivity index (χ2v) is 21.6. The maximum absolute atomic E-state index is 15.4. The van der Waals surface area contributed by atoms with Crippen molar-refractivity contribution in [2.45, 2.75) is 75.5 Å². The third-order valence-electron chi connectivity index (χ3n) is 13.3. The molecule has 60 heavy (non-hydrogen) atoms. The zero-order valence-electron chi connectivity index (χ0n) is 34.6. The number of ether oxygens (including phenoxy) is 2. The second-order valence-electron chi connectivity index (χ2n) is 16.9. The number of fused-ring (bicyclic) bond motifs is 3. The highest BCUT2D eigenvalue weighted by Gasteiger charge is 2.66. The van der Waals surface area contributed by atoms with Gasteiger partial charge in [-0.1, -0.05) is 121 Å². The Morgan fingerprint density at radius 1 is 0.883 bits per heavy atom. The van der Waals surface area contributed by atoms with E-state index in [1.165, 1.54) is 5.19 Å². The van der Waals surface area contributed by atoms with Crippen molar-refractivity contribution in [2.75, 3.05) is 23.5 Å². The lowest BCUT2D eigenvalue weighted by Crippen LogP contribution is -2.51. The van der Waals surface area contributed by atoms with Crippen LogP contribution in [0.5, 0.6) is 5.75 Å². The average Bonchev–Trinajstić information content (AvgIpc) is 3.93. The lowest BCUT2D eigenvalue weighted by atomic mass is 9.82. The zero-order valence-corrected chi connectivity index (χ0v) is 35.6. The summed E-state index contributed by atoms with van der Waals surface area (Å²) in [7, 11) is -0.699. The lowest BCUT2D eigenvalue weighted by Gasteiger charge is -2.37. The summed E-state index contributed by atoms with van der Waals surface area (Å²) in [6.45, 7) is 7.76. The van der Waals surface area contributed by atoms with Gasteiger partial charge in [-0.25, -0.2) is 0 Å². The largest absolute Gasteiger partial charge is 0.497 e. The third-order valence-corrected chi connectivity index (χ3v) is 17.6. The molecule has 1 fully saturated rings. The van der Waals surface area contributed by atoms with Crippen molar-refractivity contribution < 1.29 is 24.2 Å². The molecule has 0 radical (unpaired) electrons. The first-order valence-corrected chi connectivity index (χ1v) is 24.0. The fraction of sp³-hybridized carbons (Fsp3) is 0.306. The number of aliphatic hydroxyl groups is 1. The topological polar surface area (TPSA) is 110 Å². The summed E-state index contributed by atoms with van der Waals surface area (Å²) < 4.78 is 14.8. The Morgan fingerprint density at radius 3 is 2.38 bits per heavy atom. The number of anilines is 3. The van der Waals surface area contributed by atoms with Crippen LogP contribution in [-0.2, 0) is 39.4 Å². The number of aryl methyl sites for hydroxylation is 2. The second kappa shape index (κ2) is 15.9. The number of benzene rings is 5. The molecule has 9 rings (SSSR count). The van der Waals surface area contributed by atoms with Crippen molar-refractivity contribution in [1.29, 1.82) is 0 Å². The average molecular weight is 818 g/mol. The van der Waals surface area contributed by atoms with Crippen LogP contribution in [0.4, 0.5) is 17.1 Å². The minimum absolute atomic E-state index is 0.0499. The normalized spacial score (nSPS) is 21.6. The van der Waals surface area contributed by atoms with E-state index in [1.54, 1.807) is 7.11 Å². The number of hydrogen-bond donors (Lipinski definition) is 1. The molecule has 0 saturated carbocycles. The molecule has 2 amide bonds. The van der Waals surface area contributed by atoms with Crippen LogP contribution in [0.15, 0.2) is 134 Å². The van der Waals surface area contributed by atoms with Crippen LogP contribution in [0, 0.1) is 5.92 Å². The van der Waals surface area contributed by atoms with Crippen molar-refractivity contribution in [3.63, 3.8) is 0 Å². The van der Waals surface area contributed by atoms with Gasteiger partial charge < -0.3 is 19.5 Å². The minimum atomic E-state index is -2.38. The van der Waals surface area contributed by atoms with Crippen LogP contribution < -0.4 is 19.7 Å². The zero-order chi connectivity index (χ0) is 41.6. The fourth-order valence-electron chi connectivity index (χ4n) is 10.3. The molecule has 6 aromatic rings. The molecule has 3 aliphatic heterocycles. The highest BCUT2D eigenvalue weighted by atomic mass is 28.3. The number of aliphatic hydroxyl groups excluding tert-OH is 1. The van der Waals surface area contributed by atoms with E-state index in [0.29, 0.717) is 31.6 Å². The van der Waals surface area contributed by atoms with Crippen LogP contribution in [0.1, 0.15) is 53.6 Å². The van der Waals surface area contributed by atoms with Crippen LogP contribution >= 0.6 is 0 Å². The monoisotopic (exact) mass is 817 g/mol. The van der Waals surface area contributed by atoms with Crippen molar-refractivity contribution in [3.8, 4) is 5.75 Å². The highest BCUT2D eigenvalue weighted by molar-refractivity contribution is 6.91. The minimum Gasteiger partial charge on any atom is -0.497 e. The number of methoxy groups -OCH3 is 1. The number of amides is 2. The molecule has 5 aromatic carbocycles. The smallest absolute Gasteiger partial charge is 0.264 e. The standard InChI is InChI=1S/C49H51N5O5Si/c1-33-47(60(3,4)39-24-22-38(58-2)23-25-39)45(27-28-52-31-42(50-51-52)40(32-55)35-14-6-5-7-15-35)59-49(33)41-18-9-11-20-44(41)53(48(49)57)30-34-13-12-17-37(29-34)54-43-19-10-8-16-36(43)21-26-46(54)56/h5-20,22-25,29,31,33,40,45,47,55H,21,26-28,30,32H2,1-4H3/t33-,40?,45+,47-,49+/m1/s1. The maximum Gasteiger partial charge on any atom is 0.264 e. The maximum atomic E-state index is 15.4. The van der Waals surface area contributed by atoms with E-state index in [4.69, 9.17) is 9.47 Å². The van der Waals surface area contributed by atoms with Gasteiger partial charge in [0.15, 0.2) is 5.60 Å². The van der Waals surface area contributed by atoms with E-state index in [-0.39, 0.29) is 41.9 Å². The molecular weight excluding hydrogens is 767 g/mol. The Morgan fingerprint density at radius 2 is 1.62 bits per heavy atom. The fourth-order valence-corrected chi connectivity index (χ4v) is 14.3. The Kier molecular flexibility index (Phi) is 10.5. The van der Waals surface area contributed by atoms with E-state index in [2.05, 4.69) is 54.6 Å². The summed E-state index contributed by atoms with van der Waals surface area (Å²) in [6, 6.07) is 42.4. The third kappa shape index (κ3) is 6.74. The van der Waals surface area contributed by atoms with Crippen molar-refractivity contribution in [1.82, 2.24) is 15.0 Å². The molecule has 1 spiro atoms. The Balaban J connectivity index is 1.05. The van der Waals surface area contributed by atoms with Gasteiger partial charge in [0.2, 0.25) is 5.91 Å². The molecule has 3 aliphatic rings. The van der Waals surface area contributed by atoms with Gasteiger partial charge in [-0.2, -0.15) is 0 Å². The molecule has 0 bridgehead atoms. The molecule has 4 heterocycles. The van der Waals surface area contributed by atoms with Gasteiger partial charge in [-0.05, 0) is 71.5 Å². The predicted molar refractivity (Wildman–Crippen MR) is 236 cm³/mol. The summed E-state index contributed by atoms with van der Waals surface area (Å²) in [5.41, 5.74) is 6.05. The van der Waals surface area contributed by atoms with Crippen LogP contribution in [-0.4, -0.2) is 59.8 Å². The van der Waals surface area contributed by atoms with E-state index in [9.17, 15) is 9.90 Å². The number of para-hydroxylation sites is 2. The van der Waals surface area contributed by atoms with E-state index in [0.717, 1.165) is 51.5 Å². The Labute approximate surface area is 352 Å². The van der Waals surface area contributed by atoms with Crippen LogP contribution in [0.25, 0.3) is 0 Å². The van der Waals surface area contributed by atoms with Crippen LogP contribution in [0.3, 0.4) is 0 Å². The van der Waals surface area contributed by atoms with Gasteiger partial charge in [0.1, 0.15) is 5.75 Å². The number of aromatic nitrogens is 3. The number of nitrogens with zero attached hydrogens (tertiary/aromatic N) is 5. The van der Waals surface area contributed by atoms with E-state index < -0.39 is 13.7 Å². The highest BCUT2D eigenvalue weighted by Crippen LogP contribution is 2.60. The van der Waals surface area contributed by atoms with Gasteiger partial charge in [-0.3, -0.25) is 19.2 Å². The first kappa shape index (κ1) is 39.6. The van der Waals surface area contributed by atoms with Gasteiger partial charge in [0.25, 0.3) is 5.91 Å². The number of hydrogen-bond acceptors (Lipinski definition) is 7. The quantitative estimate of drug-likeness (QED) is 0.125. The van der Waals surface area contributed by atoms with Crippen molar-refractivity contribution >= 4 is 42.1 Å². The molecule has 306 valence electrons. The predicted octanol–water partition coefficient (Wildman–Crippen LogP) is 7.87. The Bertz CT molecular complexity index is 2530. The number of carbonyl (C=O) groups excluding carboxylic acids is 2. The number of carbonyl (C=O) groups is 2.